The van der Waals surface area contributed by atoms with Gasteiger partial charge in [0.15, 0.2) is 23.6 Å². The molecule has 0 spiro atoms. The first-order chi connectivity index (χ1) is 14.9. The highest BCUT2D eigenvalue weighted by Crippen LogP contribution is 2.55. The molecule has 6 N–H and O–H groups in total. The number of nitrogens with zero attached hydrogens (tertiary/aromatic N) is 5. The summed E-state index contributed by atoms with van der Waals surface area (Å²) in [6.45, 7) is 1.16. The van der Waals surface area contributed by atoms with Crippen LogP contribution in [0.25, 0.3) is 11.0 Å². The van der Waals surface area contributed by atoms with Gasteiger partial charge in [0.25, 0.3) is 0 Å². The Balaban J connectivity index is 1.81. The number of fused-ring (bicyclic) bond motifs is 1. The smallest absolute Gasteiger partial charge is 0.340 e. The molecule has 3 rings (SSSR count). The lowest BCUT2D eigenvalue weighted by molar-refractivity contribution is -0.0541. The van der Waals surface area contributed by atoms with Crippen molar-refractivity contribution in [3.63, 3.8) is 0 Å². The molecule has 1 aliphatic heterocycles. The van der Waals surface area contributed by atoms with E-state index in [9.17, 15) is 24.2 Å². The van der Waals surface area contributed by atoms with Crippen LogP contribution in [0.2, 0.25) is 5.28 Å². The van der Waals surface area contributed by atoms with E-state index < -0.39 is 52.2 Å². The van der Waals surface area contributed by atoms with Crippen molar-refractivity contribution < 1.29 is 43.3 Å². The quantitative estimate of drug-likeness (QED) is 0.114. The number of rotatable bonds is 9. The van der Waals surface area contributed by atoms with E-state index in [1.54, 1.807) is 6.21 Å². The molecule has 0 aliphatic carbocycles. The number of aliphatic hydroxyl groups excluding tert-OH is 2. The number of hydrazone groups is 1. The number of anilines is 1. The van der Waals surface area contributed by atoms with Gasteiger partial charge in [-0.2, -0.15) is 20.2 Å². The van der Waals surface area contributed by atoms with Crippen molar-refractivity contribution in [3.8, 4) is 0 Å². The fourth-order valence-corrected chi connectivity index (χ4v) is 5.63. The van der Waals surface area contributed by atoms with E-state index in [4.69, 9.17) is 26.1 Å². The Morgan fingerprint density at radius 1 is 1.31 bits per heavy atom. The van der Waals surface area contributed by atoms with Crippen molar-refractivity contribution >= 4 is 49.9 Å². The first-order valence-corrected chi connectivity index (χ1v) is 13.1. The summed E-state index contributed by atoms with van der Waals surface area (Å²) in [5.74, 6) is -1.16. The molecule has 0 saturated carbocycles. The second kappa shape index (κ2) is 9.77. The van der Waals surface area contributed by atoms with Crippen molar-refractivity contribution in [1.29, 1.82) is 0 Å². The SMILES string of the molecule is CC/C=N/Nc1nc(Cl)nc2c1cnn2[C@@H]1O[C@H](COP(=O)(O)CP(=O)(O)O)[C@@H](O)[C@H]1O. The topological polar surface area (TPSA) is 222 Å². The summed E-state index contributed by atoms with van der Waals surface area (Å²) in [4.78, 5) is 35.4. The van der Waals surface area contributed by atoms with Crippen LogP contribution in [0.5, 0.6) is 0 Å². The minimum atomic E-state index is -4.82. The van der Waals surface area contributed by atoms with Crippen LogP contribution in [0.3, 0.4) is 0 Å². The number of hydrogen-bond acceptors (Lipinski definition) is 11. The average Bonchev–Trinajstić information content (AvgIpc) is 3.20. The summed E-state index contributed by atoms with van der Waals surface area (Å²) < 4.78 is 34.1. The molecule has 178 valence electrons. The molecule has 0 bridgehead atoms. The number of aliphatic hydroxyl groups is 2. The molecule has 2 aromatic rings. The Morgan fingerprint density at radius 3 is 2.69 bits per heavy atom. The molecule has 0 aromatic carbocycles. The van der Waals surface area contributed by atoms with Crippen molar-refractivity contribution in [1.82, 2.24) is 19.7 Å². The monoisotopic (exact) mass is 514 g/mol. The minimum Gasteiger partial charge on any atom is -0.387 e. The highest BCUT2D eigenvalue weighted by molar-refractivity contribution is 7.70. The summed E-state index contributed by atoms with van der Waals surface area (Å²) >= 11 is 5.97. The van der Waals surface area contributed by atoms with Gasteiger partial charge in [-0.3, -0.25) is 14.6 Å². The largest absolute Gasteiger partial charge is 0.387 e. The van der Waals surface area contributed by atoms with Gasteiger partial charge in [-0.15, -0.1) is 0 Å². The summed E-state index contributed by atoms with van der Waals surface area (Å²) in [5, 5.41) is 29.0. The minimum absolute atomic E-state index is 0.145. The number of nitrogens with one attached hydrogen (secondary N) is 1. The van der Waals surface area contributed by atoms with E-state index in [2.05, 4.69) is 30.1 Å². The van der Waals surface area contributed by atoms with E-state index in [0.717, 1.165) is 4.68 Å². The van der Waals surface area contributed by atoms with Gasteiger partial charge in [0.05, 0.1) is 18.2 Å². The summed E-state index contributed by atoms with van der Waals surface area (Å²) in [6, 6.07) is 0. The van der Waals surface area contributed by atoms with Crippen molar-refractivity contribution in [2.24, 2.45) is 5.10 Å². The highest BCUT2D eigenvalue weighted by atomic mass is 35.5. The molecular weight excluding hydrogens is 494 g/mol. The van der Waals surface area contributed by atoms with Gasteiger partial charge in [-0.05, 0) is 18.0 Å². The summed E-state index contributed by atoms with van der Waals surface area (Å²) in [7, 11) is -9.50. The summed E-state index contributed by atoms with van der Waals surface area (Å²) in [5.41, 5.74) is 2.85. The molecule has 1 saturated heterocycles. The van der Waals surface area contributed by atoms with Gasteiger partial charge in [0, 0.05) is 6.21 Å². The fraction of sp³-hybridized carbons (Fsp3) is 0.571. The predicted molar refractivity (Wildman–Crippen MR) is 111 cm³/mol. The molecule has 1 unspecified atom stereocenters. The second-order valence-corrected chi connectivity index (χ2v) is 11.1. The Labute approximate surface area is 185 Å². The van der Waals surface area contributed by atoms with E-state index >= 15 is 0 Å². The lowest BCUT2D eigenvalue weighted by Crippen LogP contribution is -2.33. The average molecular weight is 515 g/mol. The maximum atomic E-state index is 11.8. The third-order valence-corrected chi connectivity index (χ3v) is 7.88. The van der Waals surface area contributed by atoms with E-state index in [1.165, 1.54) is 6.20 Å². The molecule has 18 heteroatoms. The molecule has 32 heavy (non-hydrogen) atoms. The fourth-order valence-electron chi connectivity index (χ4n) is 2.90. The zero-order valence-electron chi connectivity index (χ0n) is 16.5. The Hall–Kier alpha value is -1.51. The van der Waals surface area contributed by atoms with Crippen LogP contribution in [0.1, 0.15) is 19.6 Å². The normalized spacial score (nSPS) is 26.1. The van der Waals surface area contributed by atoms with Crippen LogP contribution >= 0.6 is 26.8 Å². The van der Waals surface area contributed by atoms with Gasteiger partial charge in [0.2, 0.25) is 5.28 Å². The van der Waals surface area contributed by atoms with Crippen LogP contribution in [-0.4, -0.2) is 81.7 Å². The molecule has 5 atom stereocenters. The van der Waals surface area contributed by atoms with Crippen molar-refractivity contribution in [2.45, 2.75) is 37.9 Å². The van der Waals surface area contributed by atoms with Crippen LogP contribution < -0.4 is 5.43 Å². The number of aromatic nitrogens is 4. The lowest BCUT2D eigenvalue weighted by Gasteiger charge is -2.18. The van der Waals surface area contributed by atoms with Crippen LogP contribution in [-0.2, 0) is 18.4 Å². The Bertz CT molecular complexity index is 1090. The molecule has 2 aromatic heterocycles. The zero-order chi connectivity index (χ0) is 23.7. The molecule has 3 heterocycles. The van der Waals surface area contributed by atoms with Crippen LogP contribution in [0, 0.1) is 0 Å². The first-order valence-electron chi connectivity index (χ1n) is 9.12. The molecule has 15 nitrogen and oxygen atoms in total. The maximum Gasteiger partial charge on any atom is 0.340 e. The van der Waals surface area contributed by atoms with Gasteiger partial charge in [-0.25, -0.2) is 4.68 Å². The highest BCUT2D eigenvalue weighted by Gasteiger charge is 2.46. The van der Waals surface area contributed by atoms with E-state index in [1.807, 2.05) is 6.92 Å². The number of halogens is 1. The van der Waals surface area contributed by atoms with Gasteiger partial charge >= 0.3 is 15.2 Å². The van der Waals surface area contributed by atoms with Crippen LogP contribution in [0.15, 0.2) is 11.3 Å². The Kier molecular flexibility index (Phi) is 7.67. The van der Waals surface area contributed by atoms with Gasteiger partial charge < -0.3 is 34.2 Å². The Morgan fingerprint density at radius 2 is 2.03 bits per heavy atom. The standard InChI is InChI=1S/C14H21ClN6O9P2/c1-2-3-16-20-11-7-4-17-21(12(7)19-14(15)18-11)13-10(23)9(22)8(30-13)5-29-32(27,28)6-31(24,25)26/h3-4,8-10,13,22-23H,2,5-6H2,1H3,(H,27,28)(H,18,19,20)(H2,24,25,26)/b16-3+/t8-,9-,10-,13-/m1/s1. The molecule has 0 amide bonds. The molecule has 1 aliphatic rings. The van der Waals surface area contributed by atoms with Crippen molar-refractivity contribution in [3.05, 3.63) is 11.5 Å². The predicted octanol–water partition coefficient (Wildman–Crippen LogP) is 0.244. The number of hydrogen-bond donors (Lipinski definition) is 6. The molecule has 0 radical (unpaired) electrons. The van der Waals surface area contributed by atoms with Gasteiger partial charge in [0.1, 0.15) is 18.3 Å². The second-order valence-electron chi connectivity index (χ2n) is 6.79. The van der Waals surface area contributed by atoms with Crippen LogP contribution in [0.4, 0.5) is 5.82 Å². The third-order valence-electron chi connectivity index (χ3n) is 4.25. The number of ether oxygens (including phenoxy) is 1. The van der Waals surface area contributed by atoms with Crippen molar-refractivity contribution in [2.75, 3.05) is 17.9 Å². The zero-order valence-corrected chi connectivity index (χ0v) is 19.0. The maximum absolute atomic E-state index is 11.8. The first kappa shape index (κ1) is 25.1. The third kappa shape index (κ3) is 5.88. The molecule has 1 fully saturated rings. The lowest BCUT2D eigenvalue weighted by atomic mass is 10.1. The van der Waals surface area contributed by atoms with Gasteiger partial charge in [-0.1, -0.05) is 6.92 Å². The molecular formula is C14H21ClN6O9P2. The van der Waals surface area contributed by atoms with E-state index in [-0.39, 0.29) is 16.7 Å². The van der Waals surface area contributed by atoms with E-state index in [0.29, 0.717) is 11.8 Å². The summed E-state index contributed by atoms with van der Waals surface area (Å²) in [6.07, 6.45) is -2.07.